The van der Waals surface area contributed by atoms with E-state index in [1.807, 2.05) is 18.2 Å². The zero-order chi connectivity index (χ0) is 20.5. The number of aryl methyl sites for hydroxylation is 1. The Labute approximate surface area is 175 Å². The van der Waals surface area contributed by atoms with E-state index in [-0.39, 0.29) is 11.9 Å². The molecule has 0 aliphatic carbocycles. The van der Waals surface area contributed by atoms with Crippen molar-refractivity contribution < 1.29 is 13.9 Å². The number of likely N-dealkylation sites (tertiary alicyclic amines) is 1. The molecular weight excluding hydrogens is 383 g/mol. The van der Waals surface area contributed by atoms with Gasteiger partial charge in [0.05, 0.1) is 11.2 Å². The van der Waals surface area contributed by atoms with Crippen LogP contribution in [0.15, 0.2) is 36.7 Å². The molecule has 0 amide bonds. The molecular formula is C23H25FN4O2. The quantitative estimate of drug-likeness (QED) is 0.673. The Morgan fingerprint density at radius 1 is 1.17 bits per heavy atom. The zero-order valence-electron chi connectivity index (χ0n) is 17.0. The SMILES string of the molecule is Cc1cccc(Nc2ncnc3cc4c(cc23)OCC(CCN2CCCC2)O4)c1F. The van der Waals surface area contributed by atoms with Crippen LogP contribution in [0.1, 0.15) is 24.8 Å². The third-order valence-electron chi connectivity index (χ3n) is 5.83. The second-order valence-corrected chi connectivity index (χ2v) is 7.99. The maximum absolute atomic E-state index is 14.4. The number of anilines is 2. The number of ether oxygens (including phenoxy) is 2. The lowest BCUT2D eigenvalue weighted by Crippen LogP contribution is -2.33. The molecule has 1 unspecified atom stereocenters. The summed E-state index contributed by atoms with van der Waals surface area (Å²) in [5.41, 5.74) is 1.68. The van der Waals surface area contributed by atoms with Gasteiger partial charge in [-0.15, -0.1) is 0 Å². The Balaban J connectivity index is 1.37. The van der Waals surface area contributed by atoms with Crippen molar-refractivity contribution in [1.29, 1.82) is 0 Å². The summed E-state index contributed by atoms with van der Waals surface area (Å²) in [6, 6.07) is 8.99. The molecule has 2 aliphatic rings. The summed E-state index contributed by atoms with van der Waals surface area (Å²) in [5, 5.41) is 3.86. The third kappa shape index (κ3) is 3.77. The van der Waals surface area contributed by atoms with E-state index in [0.717, 1.165) is 23.9 Å². The molecule has 30 heavy (non-hydrogen) atoms. The fourth-order valence-electron chi connectivity index (χ4n) is 4.11. The van der Waals surface area contributed by atoms with Crippen molar-refractivity contribution in [1.82, 2.24) is 14.9 Å². The molecule has 1 aromatic heterocycles. The molecule has 1 N–H and O–H groups in total. The summed E-state index contributed by atoms with van der Waals surface area (Å²) >= 11 is 0. The number of benzene rings is 2. The average Bonchev–Trinajstić information content (AvgIpc) is 3.28. The van der Waals surface area contributed by atoms with Crippen LogP contribution in [0.25, 0.3) is 10.9 Å². The van der Waals surface area contributed by atoms with Gasteiger partial charge in [-0.25, -0.2) is 14.4 Å². The van der Waals surface area contributed by atoms with E-state index in [1.165, 1.54) is 32.3 Å². The van der Waals surface area contributed by atoms with Crippen LogP contribution in [0.4, 0.5) is 15.9 Å². The van der Waals surface area contributed by atoms with E-state index >= 15 is 0 Å². The highest BCUT2D eigenvalue weighted by Gasteiger charge is 2.24. The van der Waals surface area contributed by atoms with Crippen LogP contribution in [-0.4, -0.2) is 47.2 Å². The monoisotopic (exact) mass is 408 g/mol. The van der Waals surface area contributed by atoms with Crippen molar-refractivity contribution in [3.8, 4) is 11.5 Å². The highest BCUT2D eigenvalue weighted by atomic mass is 19.1. The Bertz CT molecular complexity index is 1070. The van der Waals surface area contributed by atoms with Gasteiger partial charge in [-0.2, -0.15) is 0 Å². The molecule has 2 aliphatic heterocycles. The fourth-order valence-corrected chi connectivity index (χ4v) is 4.11. The number of aromatic nitrogens is 2. The molecule has 6 nitrogen and oxygen atoms in total. The van der Waals surface area contributed by atoms with E-state index in [0.29, 0.717) is 35.2 Å². The van der Waals surface area contributed by atoms with Crippen LogP contribution >= 0.6 is 0 Å². The van der Waals surface area contributed by atoms with Crippen molar-refractivity contribution in [2.45, 2.75) is 32.3 Å². The second-order valence-electron chi connectivity index (χ2n) is 7.99. The van der Waals surface area contributed by atoms with Gasteiger partial charge in [-0.3, -0.25) is 0 Å². The van der Waals surface area contributed by atoms with Crippen molar-refractivity contribution in [3.05, 3.63) is 48.0 Å². The molecule has 1 atom stereocenters. The van der Waals surface area contributed by atoms with Crippen LogP contribution in [0.3, 0.4) is 0 Å². The molecule has 1 saturated heterocycles. The molecule has 5 rings (SSSR count). The van der Waals surface area contributed by atoms with E-state index < -0.39 is 0 Å². The summed E-state index contributed by atoms with van der Waals surface area (Å²) in [6.07, 6.45) is 5.04. The first-order valence-electron chi connectivity index (χ1n) is 10.5. The van der Waals surface area contributed by atoms with Gasteiger partial charge in [0, 0.05) is 24.4 Å². The molecule has 2 aromatic carbocycles. The van der Waals surface area contributed by atoms with Crippen LogP contribution in [0.2, 0.25) is 0 Å². The molecule has 3 aromatic rings. The summed E-state index contributed by atoms with van der Waals surface area (Å²) in [6.45, 7) is 5.66. The van der Waals surface area contributed by atoms with E-state index in [2.05, 4.69) is 20.2 Å². The van der Waals surface area contributed by atoms with Crippen molar-refractivity contribution >= 4 is 22.4 Å². The van der Waals surface area contributed by atoms with Crippen LogP contribution in [0, 0.1) is 12.7 Å². The van der Waals surface area contributed by atoms with E-state index in [1.54, 1.807) is 19.1 Å². The van der Waals surface area contributed by atoms with E-state index in [9.17, 15) is 4.39 Å². The van der Waals surface area contributed by atoms with Crippen LogP contribution in [0.5, 0.6) is 11.5 Å². The lowest BCUT2D eigenvalue weighted by Gasteiger charge is -2.28. The highest BCUT2D eigenvalue weighted by molar-refractivity contribution is 5.93. The molecule has 1 fully saturated rings. The van der Waals surface area contributed by atoms with Crippen LogP contribution in [-0.2, 0) is 0 Å². The third-order valence-corrected chi connectivity index (χ3v) is 5.83. The van der Waals surface area contributed by atoms with Crippen LogP contribution < -0.4 is 14.8 Å². The van der Waals surface area contributed by atoms with E-state index in [4.69, 9.17) is 9.47 Å². The minimum atomic E-state index is -0.289. The predicted octanol–water partition coefficient (Wildman–Crippen LogP) is 4.45. The normalized spacial score (nSPS) is 18.7. The molecule has 0 saturated carbocycles. The van der Waals surface area contributed by atoms with Gasteiger partial charge in [-0.05, 0) is 50.6 Å². The van der Waals surface area contributed by atoms with Gasteiger partial charge in [-0.1, -0.05) is 12.1 Å². The van der Waals surface area contributed by atoms with Crippen molar-refractivity contribution in [3.63, 3.8) is 0 Å². The number of halogens is 1. The largest absolute Gasteiger partial charge is 0.486 e. The molecule has 156 valence electrons. The van der Waals surface area contributed by atoms with Crippen molar-refractivity contribution in [2.75, 3.05) is 31.6 Å². The topological polar surface area (TPSA) is 59.5 Å². The smallest absolute Gasteiger partial charge is 0.163 e. The lowest BCUT2D eigenvalue weighted by atomic mass is 10.1. The van der Waals surface area contributed by atoms with Gasteiger partial charge in [0.2, 0.25) is 0 Å². The summed E-state index contributed by atoms with van der Waals surface area (Å²) in [5.74, 6) is 1.61. The molecule has 0 radical (unpaired) electrons. The highest BCUT2D eigenvalue weighted by Crippen LogP contribution is 2.38. The number of rotatable bonds is 5. The fraction of sp³-hybridized carbons (Fsp3) is 0.391. The van der Waals surface area contributed by atoms with Gasteiger partial charge in [0.25, 0.3) is 0 Å². The molecule has 3 heterocycles. The van der Waals surface area contributed by atoms with Gasteiger partial charge < -0.3 is 19.7 Å². The first-order chi connectivity index (χ1) is 14.7. The summed E-state index contributed by atoms with van der Waals surface area (Å²) in [7, 11) is 0. The summed E-state index contributed by atoms with van der Waals surface area (Å²) in [4.78, 5) is 11.2. The number of hydrogen-bond acceptors (Lipinski definition) is 6. The molecule has 7 heteroatoms. The van der Waals surface area contributed by atoms with Gasteiger partial charge >= 0.3 is 0 Å². The second kappa shape index (κ2) is 8.07. The Morgan fingerprint density at radius 3 is 2.90 bits per heavy atom. The average molecular weight is 408 g/mol. The predicted molar refractivity (Wildman–Crippen MR) is 114 cm³/mol. The number of nitrogens with one attached hydrogen (secondary N) is 1. The Morgan fingerprint density at radius 2 is 2.03 bits per heavy atom. The standard InChI is InChI=1S/C23H25FN4O2/c1-15-5-4-6-18(22(15)24)27-23-17-11-20-21(12-19(17)25-14-26-23)30-16(13-29-20)7-10-28-8-2-3-9-28/h4-6,11-12,14,16H,2-3,7-10,13H2,1H3,(H,25,26,27). The zero-order valence-corrected chi connectivity index (χ0v) is 17.0. The van der Waals surface area contributed by atoms with Gasteiger partial charge in [0.1, 0.15) is 30.7 Å². The number of fused-ring (bicyclic) bond motifs is 2. The van der Waals surface area contributed by atoms with Gasteiger partial charge in [0.15, 0.2) is 11.5 Å². The lowest BCUT2D eigenvalue weighted by molar-refractivity contribution is 0.0776. The minimum absolute atomic E-state index is 0.0383. The maximum Gasteiger partial charge on any atom is 0.163 e. The van der Waals surface area contributed by atoms with Crippen molar-refractivity contribution in [2.24, 2.45) is 0 Å². The molecule has 0 bridgehead atoms. The summed E-state index contributed by atoms with van der Waals surface area (Å²) < 4.78 is 26.6. The Kier molecular flexibility index (Phi) is 5.12. The first-order valence-corrected chi connectivity index (χ1v) is 10.5. The number of nitrogens with zero attached hydrogens (tertiary/aromatic N) is 3. The Hall–Kier alpha value is -2.93. The maximum atomic E-state index is 14.4. The molecule has 0 spiro atoms. The first kappa shape index (κ1) is 19.1. The minimum Gasteiger partial charge on any atom is -0.486 e. The number of hydrogen-bond donors (Lipinski definition) is 1.